The van der Waals surface area contributed by atoms with Crippen LogP contribution in [0.4, 0.5) is 0 Å². The van der Waals surface area contributed by atoms with Gasteiger partial charge in [-0.2, -0.15) is 0 Å². The fourth-order valence-corrected chi connectivity index (χ4v) is 3.20. The quantitative estimate of drug-likeness (QED) is 0.814. The molecule has 0 radical (unpaired) electrons. The molecule has 7 heteroatoms. The monoisotopic (exact) mass is 316 g/mol. The van der Waals surface area contributed by atoms with E-state index in [1.165, 1.54) is 22.5 Å². The van der Waals surface area contributed by atoms with Gasteiger partial charge in [0.2, 0.25) is 0 Å². The Balaban J connectivity index is 1.69. The van der Waals surface area contributed by atoms with Gasteiger partial charge in [-0.1, -0.05) is 42.1 Å². The molecule has 6 nitrogen and oxygen atoms in total. The standard InChI is InChI=1S/C15H16N4O2S/c16-12(10-4-2-1-3-5-10)9-17-13(20)11-8-18-15-19(14(11)21)6-7-22-15/h1-5,8,12H,6-7,9,16H2,(H,17,20). The molecule has 0 saturated carbocycles. The molecule has 3 rings (SSSR count). The molecule has 1 aliphatic rings. The Kier molecular flexibility index (Phi) is 4.26. The Morgan fingerprint density at radius 3 is 2.95 bits per heavy atom. The Labute approximate surface area is 131 Å². The second kappa shape index (κ2) is 6.33. The fraction of sp³-hybridized carbons (Fsp3) is 0.267. The number of hydrogen-bond acceptors (Lipinski definition) is 5. The summed E-state index contributed by atoms with van der Waals surface area (Å²) < 4.78 is 1.54. The van der Waals surface area contributed by atoms with Gasteiger partial charge in [0.1, 0.15) is 5.56 Å². The van der Waals surface area contributed by atoms with Gasteiger partial charge in [-0.3, -0.25) is 14.2 Å². The molecule has 1 unspecified atom stereocenters. The van der Waals surface area contributed by atoms with Gasteiger partial charge in [0.15, 0.2) is 5.16 Å². The minimum absolute atomic E-state index is 0.0616. The summed E-state index contributed by atoms with van der Waals surface area (Å²) in [6, 6.07) is 9.19. The third-order valence-electron chi connectivity index (χ3n) is 3.51. The van der Waals surface area contributed by atoms with Gasteiger partial charge >= 0.3 is 0 Å². The van der Waals surface area contributed by atoms with Crippen LogP contribution in [0.25, 0.3) is 0 Å². The summed E-state index contributed by atoms with van der Waals surface area (Å²) in [5, 5.41) is 3.37. The molecule has 1 amide bonds. The summed E-state index contributed by atoms with van der Waals surface area (Å²) in [6.07, 6.45) is 1.34. The molecule has 0 saturated heterocycles. The molecule has 0 bridgehead atoms. The van der Waals surface area contributed by atoms with E-state index < -0.39 is 5.91 Å². The van der Waals surface area contributed by atoms with E-state index in [4.69, 9.17) is 5.73 Å². The highest BCUT2D eigenvalue weighted by molar-refractivity contribution is 7.99. The van der Waals surface area contributed by atoms with Gasteiger partial charge in [0.05, 0.1) is 0 Å². The van der Waals surface area contributed by atoms with Crippen LogP contribution in [0.15, 0.2) is 46.5 Å². The predicted octanol–water partition coefficient (Wildman–Crippen LogP) is 0.779. The molecule has 0 fully saturated rings. The molecule has 3 N–H and O–H groups in total. The molecule has 22 heavy (non-hydrogen) atoms. The first kappa shape index (κ1) is 14.8. The number of rotatable bonds is 4. The number of carbonyl (C=O) groups is 1. The smallest absolute Gasteiger partial charge is 0.267 e. The lowest BCUT2D eigenvalue weighted by molar-refractivity contribution is 0.0948. The predicted molar refractivity (Wildman–Crippen MR) is 84.9 cm³/mol. The SMILES string of the molecule is NC(CNC(=O)c1cnc2n(c1=O)CCS2)c1ccccc1. The summed E-state index contributed by atoms with van der Waals surface area (Å²) in [5.74, 6) is 0.378. The minimum Gasteiger partial charge on any atom is -0.350 e. The van der Waals surface area contributed by atoms with E-state index in [-0.39, 0.29) is 23.7 Å². The van der Waals surface area contributed by atoms with Crippen molar-refractivity contribution in [1.82, 2.24) is 14.9 Å². The maximum Gasteiger partial charge on any atom is 0.267 e. The molecule has 0 spiro atoms. The molecule has 1 aromatic heterocycles. The van der Waals surface area contributed by atoms with Gasteiger partial charge in [-0.15, -0.1) is 0 Å². The van der Waals surface area contributed by atoms with Gasteiger partial charge in [0, 0.05) is 31.1 Å². The van der Waals surface area contributed by atoms with Crippen molar-refractivity contribution in [2.24, 2.45) is 5.73 Å². The van der Waals surface area contributed by atoms with E-state index in [0.29, 0.717) is 11.7 Å². The minimum atomic E-state index is -0.434. The van der Waals surface area contributed by atoms with Gasteiger partial charge in [0.25, 0.3) is 11.5 Å². The summed E-state index contributed by atoms with van der Waals surface area (Å²) >= 11 is 1.52. The van der Waals surface area contributed by atoms with E-state index in [2.05, 4.69) is 10.3 Å². The largest absolute Gasteiger partial charge is 0.350 e. The van der Waals surface area contributed by atoms with Crippen LogP contribution >= 0.6 is 11.8 Å². The molecule has 114 valence electrons. The maximum absolute atomic E-state index is 12.2. The first-order valence-corrected chi connectivity index (χ1v) is 7.97. The maximum atomic E-state index is 12.2. The number of nitrogens with zero attached hydrogens (tertiary/aromatic N) is 2. The van der Waals surface area contributed by atoms with Crippen molar-refractivity contribution >= 4 is 17.7 Å². The average molecular weight is 316 g/mol. The van der Waals surface area contributed by atoms with E-state index in [9.17, 15) is 9.59 Å². The molecule has 2 heterocycles. The second-order valence-corrected chi connectivity index (χ2v) is 6.05. The number of aromatic nitrogens is 2. The lowest BCUT2D eigenvalue weighted by atomic mass is 10.1. The number of hydrogen-bond donors (Lipinski definition) is 2. The third-order valence-corrected chi connectivity index (χ3v) is 4.48. The van der Waals surface area contributed by atoms with E-state index in [1.807, 2.05) is 30.3 Å². The zero-order valence-corrected chi connectivity index (χ0v) is 12.7. The van der Waals surface area contributed by atoms with Crippen LogP contribution in [-0.4, -0.2) is 27.8 Å². The van der Waals surface area contributed by atoms with Crippen molar-refractivity contribution in [3.8, 4) is 0 Å². The molecule has 1 aliphatic heterocycles. The highest BCUT2D eigenvalue weighted by Crippen LogP contribution is 2.20. The van der Waals surface area contributed by atoms with Crippen molar-refractivity contribution in [3.05, 3.63) is 58.0 Å². The second-order valence-electron chi connectivity index (χ2n) is 4.99. The summed E-state index contributed by atoms with van der Waals surface area (Å²) in [4.78, 5) is 28.6. The topological polar surface area (TPSA) is 90.0 Å². The lowest BCUT2D eigenvalue weighted by Gasteiger charge is -2.13. The third kappa shape index (κ3) is 2.90. The first-order chi connectivity index (χ1) is 10.7. The van der Waals surface area contributed by atoms with Gasteiger partial charge in [-0.25, -0.2) is 4.98 Å². The molecule has 2 aromatic rings. The van der Waals surface area contributed by atoms with Crippen molar-refractivity contribution in [3.63, 3.8) is 0 Å². The number of nitrogens with one attached hydrogen (secondary N) is 1. The highest BCUT2D eigenvalue weighted by atomic mass is 32.2. The summed E-state index contributed by atoms with van der Waals surface area (Å²) in [7, 11) is 0. The number of fused-ring (bicyclic) bond motifs is 1. The number of amides is 1. The van der Waals surface area contributed by atoms with Crippen molar-refractivity contribution in [1.29, 1.82) is 0 Å². The Bertz CT molecular complexity index is 745. The van der Waals surface area contributed by atoms with Crippen LogP contribution < -0.4 is 16.6 Å². The van der Waals surface area contributed by atoms with Crippen LogP contribution in [-0.2, 0) is 6.54 Å². The normalized spacial score (nSPS) is 14.4. The number of thioether (sulfide) groups is 1. The summed E-state index contributed by atoms with van der Waals surface area (Å²) in [5.41, 5.74) is 6.74. The van der Waals surface area contributed by atoms with Crippen LogP contribution in [0.1, 0.15) is 22.0 Å². The van der Waals surface area contributed by atoms with Crippen LogP contribution in [0, 0.1) is 0 Å². The number of benzene rings is 1. The zero-order chi connectivity index (χ0) is 15.5. The van der Waals surface area contributed by atoms with Crippen molar-refractivity contribution in [2.45, 2.75) is 17.7 Å². The molecule has 1 aromatic carbocycles. The molecular formula is C15H16N4O2S. The van der Waals surface area contributed by atoms with Crippen LogP contribution in [0.5, 0.6) is 0 Å². The van der Waals surface area contributed by atoms with Crippen LogP contribution in [0.2, 0.25) is 0 Å². The highest BCUT2D eigenvalue weighted by Gasteiger charge is 2.20. The van der Waals surface area contributed by atoms with Crippen LogP contribution in [0.3, 0.4) is 0 Å². The average Bonchev–Trinajstić information content (AvgIpc) is 3.03. The Morgan fingerprint density at radius 1 is 1.41 bits per heavy atom. The van der Waals surface area contributed by atoms with E-state index >= 15 is 0 Å². The molecule has 0 aliphatic carbocycles. The van der Waals surface area contributed by atoms with Gasteiger partial charge in [-0.05, 0) is 5.56 Å². The van der Waals surface area contributed by atoms with E-state index in [0.717, 1.165) is 11.3 Å². The Morgan fingerprint density at radius 2 is 2.18 bits per heavy atom. The molecular weight excluding hydrogens is 300 g/mol. The molecule has 1 atom stereocenters. The zero-order valence-electron chi connectivity index (χ0n) is 11.9. The lowest BCUT2D eigenvalue weighted by Crippen LogP contribution is -2.36. The Hall–Kier alpha value is -2.12. The number of carbonyl (C=O) groups excluding carboxylic acids is 1. The van der Waals surface area contributed by atoms with Crippen molar-refractivity contribution in [2.75, 3.05) is 12.3 Å². The van der Waals surface area contributed by atoms with Gasteiger partial charge < -0.3 is 11.1 Å². The van der Waals surface area contributed by atoms with E-state index in [1.54, 1.807) is 0 Å². The van der Waals surface area contributed by atoms with Crippen molar-refractivity contribution < 1.29 is 4.79 Å². The summed E-state index contributed by atoms with van der Waals surface area (Å²) in [6.45, 7) is 0.856. The number of nitrogens with two attached hydrogens (primary N) is 1. The fourth-order valence-electron chi connectivity index (χ4n) is 2.29. The first-order valence-electron chi connectivity index (χ1n) is 6.98.